The first-order valence-corrected chi connectivity index (χ1v) is 11.7. The van der Waals surface area contributed by atoms with Gasteiger partial charge in [-0.05, 0) is 42.5 Å². The van der Waals surface area contributed by atoms with Crippen LogP contribution in [0.3, 0.4) is 0 Å². The molecule has 1 saturated heterocycles. The molecule has 3 nitrogen and oxygen atoms in total. The number of nitrogens with zero attached hydrogens (tertiary/aromatic N) is 1. The van der Waals surface area contributed by atoms with Crippen LogP contribution < -0.4 is 10.5 Å². The molecule has 3 atom stereocenters. The molecule has 0 saturated carbocycles. The predicted molar refractivity (Wildman–Crippen MR) is 120 cm³/mol. The van der Waals surface area contributed by atoms with E-state index in [9.17, 15) is 4.79 Å². The molecule has 0 radical (unpaired) electrons. The van der Waals surface area contributed by atoms with Crippen LogP contribution >= 0.6 is 11.8 Å². The second-order valence-corrected chi connectivity index (χ2v) is 9.32. The van der Waals surface area contributed by atoms with Crippen molar-refractivity contribution in [3.63, 3.8) is 0 Å². The monoisotopic (exact) mass is 403 g/mol. The average molecular weight is 404 g/mol. The van der Waals surface area contributed by atoms with Crippen LogP contribution in [0.5, 0.6) is 0 Å². The molecule has 3 heterocycles. The Kier molecular flexibility index (Phi) is 5.06. The topological polar surface area (TPSA) is 26.4 Å². The molecule has 4 heteroatoms. The van der Waals surface area contributed by atoms with E-state index in [4.69, 9.17) is 0 Å². The minimum atomic E-state index is 0.181. The Morgan fingerprint density at radius 3 is 2.55 bits per heavy atom. The van der Waals surface area contributed by atoms with Crippen LogP contribution in [0.15, 0.2) is 76.4 Å². The van der Waals surface area contributed by atoms with E-state index in [-0.39, 0.29) is 5.56 Å². The Labute approximate surface area is 176 Å². The summed E-state index contributed by atoms with van der Waals surface area (Å²) in [5.74, 6) is 1.08. The molecular formula is C25H27N2OS+. The van der Waals surface area contributed by atoms with Crippen LogP contribution in [-0.2, 0) is 13.1 Å². The second-order valence-electron chi connectivity index (χ2n) is 8.44. The third kappa shape index (κ3) is 3.67. The highest BCUT2D eigenvalue weighted by atomic mass is 32.2. The van der Waals surface area contributed by atoms with Crippen molar-refractivity contribution in [2.75, 3.05) is 19.3 Å². The summed E-state index contributed by atoms with van der Waals surface area (Å²) in [5.41, 5.74) is 4.68. The maximum absolute atomic E-state index is 13.3. The number of thioether (sulfide) groups is 1. The standard InChI is InChI=1S/C25H26N2OS/c1-29-22-9-7-20(8-10-22)23-11-12-24-21-13-19(16-27(24)25(23)28)15-26(17-21)14-18-5-3-2-4-6-18/h2-12,19,21H,13-17H2,1H3/p+1/t19-,21+/m0/s1. The van der Waals surface area contributed by atoms with Gasteiger partial charge in [0.1, 0.15) is 6.54 Å². The summed E-state index contributed by atoms with van der Waals surface area (Å²) in [7, 11) is 0. The maximum Gasteiger partial charge on any atom is 0.258 e. The fourth-order valence-electron chi connectivity index (χ4n) is 5.19. The molecular weight excluding hydrogens is 376 g/mol. The lowest BCUT2D eigenvalue weighted by Crippen LogP contribution is -3.13. The third-order valence-electron chi connectivity index (χ3n) is 6.50. The molecule has 2 bridgehead atoms. The van der Waals surface area contributed by atoms with E-state index < -0.39 is 0 Å². The number of likely N-dealkylation sites (tertiary alicyclic amines) is 1. The number of hydrogen-bond acceptors (Lipinski definition) is 2. The highest BCUT2D eigenvalue weighted by Crippen LogP contribution is 2.32. The van der Waals surface area contributed by atoms with Crippen LogP contribution in [-0.4, -0.2) is 23.9 Å². The molecule has 1 N–H and O–H groups in total. The fourth-order valence-corrected chi connectivity index (χ4v) is 5.60. The van der Waals surface area contributed by atoms with Gasteiger partial charge in [-0.25, -0.2) is 0 Å². The highest BCUT2D eigenvalue weighted by molar-refractivity contribution is 7.98. The third-order valence-corrected chi connectivity index (χ3v) is 7.24. The summed E-state index contributed by atoms with van der Waals surface area (Å²) in [6.07, 6.45) is 3.30. The molecule has 29 heavy (non-hydrogen) atoms. The molecule has 1 fully saturated rings. The van der Waals surface area contributed by atoms with Crippen molar-refractivity contribution in [2.45, 2.75) is 30.3 Å². The zero-order valence-electron chi connectivity index (χ0n) is 16.8. The lowest BCUT2D eigenvalue weighted by molar-refractivity contribution is -0.924. The van der Waals surface area contributed by atoms with E-state index in [0.717, 1.165) is 37.3 Å². The number of pyridine rings is 1. The maximum atomic E-state index is 13.3. The molecule has 0 amide bonds. The van der Waals surface area contributed by atoms with Crippen molar-refractivity contribution < 1.29 is 4.90 Å². The van der Waals surface area contributed by atoms with Crippen LogP contribution in [0, 0.1) is 5.92 Å². The molecule has 5 rings (SSSR count). The van der Waals surface area contributed by atoms with Crippen molar-refractivity contribution in [1.82, 2.24) is 4.57 Å². The zero-order valence-corrected chi connectivity index (χ0v) is 17.6. The predicted octanol–water partition coefficient (Wildman–Crippen LogP) is 3.44. The number of quaternary nitrogens is 1. The van der Waals surface area contributed by atoms with Crippen molar-refractivity contribution in [3.05, 3.63) is 88.3 Å². The molecule has 0 aliphatic carbocycles. The van der Waals surface area contributed by atoms with Gasteiger partial charge in [0.15, 0.2) is 0 Å². The summed E-state index contributed by atoms with van der Waals surface area (Å²) in [6.45, 7) is 4.22. The summed E-state index contributed by atoms with van der Waals surface area (Å²) in [6, 6.07) is 23.4. The molecule has 148 valence electrons. The van der Waals surface area contributed by atoms with Crippen LogP contribution in [0.25, 0.3) is 11.1 Å². The van der Waals surface area contributed by atoms with Crippen LogP contribution in [0.2, 0.25) is 0 Å². The number of piperidine rings is 1. The molecule has 3 aromatic rings. The van der Waals surface area contributed by atoms with E-state index in [0.29, 0.717) is 11.8 Å². The van der Waals surface area contributed by atoms with Crippen LogP contribution in [0.1, 0.15) is 23.6 Å². The molecule has 0 spiro atoms. The first kappa shape index (κ1) is 18.7. The summed E-state index contributed by atoms with van der Waals surface area (Å²) in [4.78, 5) is 16.2. The average Bonchev–Trinajstić information content (AvgIpc) is 2.75. The van der Waals surface area contributed by atoms with Crippen LogP contribution in [0.4, 0.5) is 0 Å². The smallest absolute Gasteiger partial charge is 0.258 e. The van der Waals surface area contributed by atoms with E-state index >= 15 is 0 Å². The van der Waals surface area contributed by atoms with Gasteiger partial charge in [-0.15, -0.1) is 11.8 Å². The quantitative estimate of drug-likeness (QED) is 0.676. The lowest BCUT2D eigenvalue weighted by atomic mass is 9.82. The number of rotatable bonds is 4. The molecule has 2 aliphatic rings. The largest absolute Gasteiger partial charge is 0.330 e. The van der Waals surface area contributed by atoms with Gasteiger partial charge in [-0.1, -0.05) is 42.5 Å². The number of benzene rings is 2. The number of aromatic nitrogens is 1. The number of fused-ring (bicyclic) bond motifs is 4. The second kappa shape index (κ2) is 7.85. The Bertz CT molecular complexity index is 1060. The van der Waals surface area contributed by atoms with Crippen molar-refractivity contribution >= 4 is 11.8 Å². The van der Waals surface area contributed by atoms with Crippen molar-refractivity contribution in [2.24, 2.45) is 5.92 Å². The first-order chi connectivity index (χ1) is 14.2. The Balaban J connectivity index is 1.42. The summed E-state index contributed by atoms with van der Waals surface area (Å²) < 4.78 is 2.08. The van der Waals surface area contributed by atoms with Gasteiger partial charge in [0.05, 0.1) is 13.1 Å². The van der Waals surface area contributed by atoms with Gasteiger partial charge in [0.25, 0.3) is 5.56 Å². The lowest BCUT2D eigenvalue weighted by Gasteiger charge is -2.40. The zero-order chi connectivity index (χ0) is 19.8. The summed E-state index contributed by atoms with van der Waals surface area (Å²) >= 11 is 1.73. The Morgan fingerprint density at radius 1 is 1.00 bits per heavy atom. The molecule has 1 unspecified atom stereocenters. The summed E-state index contributed by atoms with van der Waals surface area (Å²) in [5, 5.41) is 0. The molecule has 2 aromatic carbocycles. The molecule has 2 aliphatic heterocycles. The van der Waals surface area contributed by atoms with Gasteiger partial charge in [0.2, 0.25) is 0 Å². The molecule has 1 aromatic heterocycles. The van der Waals surface area contributed by atoms with E-state index in [1.807, 2.05) is 6.07 Å². The minimum Gasteiger partial charge on any atom is -0.330 e. The fraction of sp³-hybridized carbons (Fsp3) is 0.320. The van der Waals surface area contributed by atoms with Gasteiger partial charge in [-0.2, -0.15) is 0 Å². The first-order valence-electron chi connectivity index (χ1n) is 10.5. The minimum absolute atomic E-state index is 0.181. The van der Waals surface area contributed by atoms with Gasteiger partial charge in [-0.3, -0.25) is 4.79 Å². The van der Waals surface area contributed by atoms with Crippen molar-refractivity contribution in [1.29, 1.82) is 0 Å². The Morgan fingerprint density at radius 2 is 1.79 bits per heavy atom. The number of nitrogens with one attached hydrogen (secondary N) is 1. The SMILES string of the molecule is CSc1ccc(-c2ccc3n(c2=O)C[C@H]2C[C@@H]3C[NH+](Cc3ccccc3)C2)cc1. The highest BCUT2D eigenvalue weighted by Gasteiger charge is 2.37. The van der Waals surface area contributed by atoms with Gasteiger partial charge < -0.3 is 9.47 Å². The van der Waals surface area contributed by atoms with E-state index in [2.05, 4.69) is 71.5 Å². The normalized spacial score (nSPS) is 22.9. The van der Waals surface area contributed by atoms with E-state index in [1.54, 1.807) is 16.7 Å². The van der Waals surface area contributed by atoms with Gasteiger partial charge >= 0.3 is 0 Å². The Hall–Kier alpha value is -2.30. The number of hydrogen-bond donors (Lipinski definition) is 1. The van der Waals surface area contributed by atoms with Gasteiger partial charge in [0, 0.05) is 40.1 Å². The van der Waals surface area contributed by atoms with Crippen molar-refractivity contribution in [3.8, 4) is 11.1 Å². The van der Waals surface area contributed by atoms with E-state index in [1.165, 1.54) is 22.6 Å².